The first-order valence-electron chi connectivity index (χ1n) is 13.3. The van der Waals surface area contributed by atoms with Crippen LogP contribution in [-0.4, -0.2) is 70.3 Å². The van der Waals surface area contributed by atoms with E-state index in [1.165, 1.54) is 6.33 Å². The molecule has 1 aliphatic heterocycles. The van der Waals surface area contributed by atoms with Gasteiger partial charge in [-0.05, 0) is 66.1 Å². The van der Waals surface area contributed by atoms with Crippen LogP contribution in [0.4, 0.5) is 11.5 Å². The van der Waals surface area contributed by atoms with Gasteiger partial charge in [0.05, 0.1) is 29.3 Å². The summed E-state index contributed by atoms with van der Waals surface area (Å²) in [5.74, 6) is 1.78. The number of benzene rings is 2. The third-order valence-electron chi connectivity index (χ3n) is 6.59. The van der Waals surface area contributed by atoms with E-state index < -0.39 is 5.97 Å². The van der Waals surface area contributed by atoms with Gasteiger partial charge in [0.15, 0.2) is 0 Å². The minimum Gasteiger partial charge on any atom is -0.487 e. The molecule has 0 aliphatic carbocycles. The fourth-order valence-electron chi connectivity index (χ4n) is 4.47. The van der Waals surface area contributed by atoms with Crippen molar-refractivity contribution < 1.29 is 19.4 Å². The number of thioether (sulfide) groups is 1. The zero-order chi connectivity index (χ0) is 28.4. The molecule has 2 N–H and O–H groups in total. The maximum absolute atomic E-state index is 12.2. The molecule has 0 amide bonds. The molecule has 4 aromatic rings. The van der Waals surface area contributed by atoms with Crippen LogP contribution in [0.25, 0.3) is 16.5 Å². The zero-order valence-corrected chi connectivity index (χ0v) is 24.8. The maximum Gasteiger partial charge on any atom is 0.335 e. The Balaban J connectivity index is 1.25. The number of nitrogens with zero attached hydrogens (tertiary/aromatic N) is 3. The highest BCUT2D eigenvalue weighted by Crippen LogP contribution is 2.32. The molecule has 2 aromatic heterocycles. The van der Waals surface area contributed by atoms with E-state index in [2.05, 4.69) is 20.2 Å². The van der Waals surface area contributed by atoms with Crippen molar-refractivity contribution in [3.05, 3.63) is 81.8 Å². The number of hydrogen-bond acceptors (Lipinski definition) is 9. The van der Waals surface area contributed by atoms with E-state index in [1.54, 1.807) is 41.3 Å². The van der Waals surface area contributed by atoms with E-state index in [1.807, 2.05) is 41.8 Å². The Bertz CT molecular complexity index is 1490. The fourth-order valence-corrected chi connectivity index (χ4v) is 6.10. The van der Waals surface area contributed by atoms with Gasteiger partial charge >= 0.3 is 5.97 Å². The lowest BCUT2D eigenvalue weighted by Gasteiger charge is -2.26. The third-order valence-corrected chi connectivity index (χ3v) is 8.72. The van der Waals surface area contributed by atoms with E-state index in [0.717, 1.165) is 55.6 Å². The Morgan fingerprint density at radius 3 is 2.85 bits per heavy atom. The molecule has 1 fully saturated rings. The van der Waals surface area contributed by atoms with Crippen LogP contribution < -0.4 is 10.1 Å². The first-order chi connectivity index (χ1) is 20.1. The molecule has 0 spiro atoms. The SMILES string of the molecule is O=C(O)C(=CCSCCCN1CCOCC1)c1ccc2ncnc(Nc3ccc(OCc4cccs4)c(Cl)c3)c2c1. The van der Waals surface area contributed by atoms with Crippen LogP contribution >= 0.6 is 34.7 Å². The molecular weight excluding hydrogens is 580 g/mol. The van der Waals surface area contributed by atoms with Crippen LogP contribution in [0.1, 0.15) is 16.9 Å². The molecule has 41 heavy (non-hydrogen) atoms. The zero-order valence-electron chi connectivity index (χ0n) is 22.4. The van der Waals surface area contributed by atoms with Gasteiger partial charge in [0, 0.05) is 34.8 Å². The van der Waals surface area contributed by atoms with Gasteiger partial charge in [-0.15, -0.1) is 11.3 Å². The van der Waals surface area contributed by atoms with Gasteiger partial charge in [-0.2, -0.15) is 11.8 Å². The van der Waals surface area contributed by atoms with Gasteiger partial charge in [-0.25, -0.2) is 14.8 Å². The average molecular weight is 611 g/mol. The van der Waals surface area contributed by atoms with E-state index in [-0.39, 0.29) is 5.57 Å². The van der Waals surface area contributed by atoms with Crippen LogP contribution in [0, 0.1) is 0 Å². The van der Waals surface area contributed by atoms with E-state index in [9.17, 15) is 9.90 Å². The third kappa shape index (κ3) is 8.21. The number of anilines is 2. The molecule has 0 atom stereocenters. The number of halogens is 1. The van der Waals surface area contributed by atoms with Crippen molar-refractivity contribution in [1.82, 2.24) is 14.9 Å². The first-order valence-corrected chi connectivity index (χ1v) is 15.8. The van der Waals surface area contributed by atoms with Gasteiger partial charge in [0.25, 0.3) is 0 Å². The lowest BCUT2D eigenvalue weighted by molar-refractivity contribution is -0.130. The quantitative estimate of drug-likeness (QED) is 0.128. The number of morpholine rings is 1. The molecule has 2 aromatic carbocycles. The number of aliphatic carboxylic acids is 1. The molecule has 214 valence electrons. The van der Waals surface area contributed by atoms with Crippen LogP contribution in [0.2, 0.25) is 5.02 Å². The monoisotopic (exact) mass is 610 g/mol. The van der Waals surface area contributed by atoms with Crippen molar-refractivity contribution in [2.45, 2.75) is 13.0 Å². The number of fused-ring (bicyclic) bond motifs is 1. The van der Waals surface area contributed by atoms with E-state index in [0.29, 0.717) is 45.4 Å². The van der Waals surface area contributed by atoms with Gasteiger partial charge in [-0.1, -0.05) is 29.8 Å². The Labute approximate surface area is 252 Å². The predicted molar refractivity (Wildman–Crippen MR) is 168 cm³/mol. The highest BCUT2D eigenvalue weighted by Gasteiger charge is 2.14. The number of rotatable bonds is 13. The van der Waals surface area contributed by atoms with Gasteiger partial charge in [0.2, 0.25) is 0 Å². The fraction of sp³-hybridized carbons (Fsp3) is 0.300. The number of ether oxygens (including phenoxy) is 2. The van der Waals surface area contributed by atoms with E-state index >= 15 is 0 Å². The summed E-state index contributed by atoms with van der Waals surface area (Å²) in [6.07, 6.45) is 4.33. The summed E-state index contributed by atoms with van der Waals surface area (Å²) in [6, 6.07) is 14.9. The molecule has 1 aliphatic rings. The van der Waals surface area contributed by atoms with Crippen LogP contribution in [-0.2, 0) is 16.1 Å². The minimum atomic E-state index is -0.963. The van der Waals surface area contributed by atoms with Gasteiger partial charge in [0.1, 0.15) is 24.5 Å². The Hall–Kier alpha value is -3.15. The van der Waals surface area contributed by atoms with Crippen molar-refractivity contribution in [3.8, 4) is 5.75 Å². The summed E-state index contributed by atoms with van der Waals surface area (Å²) in [5.41, 5.74) is 2.30. The standard InChI is InChI=1S/C30H31ClN4O4S2/c31-26-18-22(5-7-28(26)39-19-23-3-1-15-41-23)34-29-25-17-21(4-6-27(25)32-20-33-29)24(30(36)37)8-16-40-14-2-9-35-10-12-38-13-11-35/h1,3-8,15,17-18,20H,2,9-14,16,19H2,(H,36,37)(H,32,33,34). The minimum absolute atomic E-state index is 0.262. The molecular formula is C30H31ClN4O4S2. The van der Waals surface area contributed by atoms with E-state index in [4.69, 9.17) is 21.1 Å². The molecule has 8 nitrogen and oxygen atoms in total. The molecule has 0 bridgehead atoms. The molecule has 0 saturated carbocycles. The molecule has 1 saturated heterocycles. The number of carboxylic acids is 1. The predicted octanol–water partition coefficient (Wildman–Crippen LogP) is 6.59. The normalized spacial score (nSPS) is 14.3. The largest absolute Gasteiger partial charge is 0.487 e. The number of carbonyl (C=O) groups is 1. The van der Waals surface area contributed by atoms with Gasteiger partial charge < -0.3 is 19.9 Å². The topological polar surface area (TPSA) is 96.8 Å². The Morgan fingerprint density at radius 2 is 2.07 bits per heavy atom. The highest BCUT2D eigenvalue weighted by atomic mass is 35.5. The number of hydrogen-bond donors (Lipinski definition) is 2. The summed E-state index contributed by atoms with van der Waals surface area (Å²) in [6.45, 7) is 5.07. The lowest BCUT2D eigenvalue weighted by atomic mass is 10.0. The second-order valence-corrected chi connectivity index (χ2v) is 12.0. The van der Waals surface area contributed by atoms with Crippen molar-refractivity contribution in [2.24, 2.45) is 0 Å². The average Bonchev–Trinajstić information content (AvgIpc) is 3.51. The first kappa shape index (κ1) is 29.3. The maximum atomic E-state index is 12.2. The number of thiophene rings is 1. The highest BCUT2D eigenvalue weighted by molar-refractivity contribution is 7.99. The summed E-state index contributed by atoms with van der Waals surface area (Å²) < 4.78 is 11.3. The van der Waals surface area contributed by atoms with Crippen molar-refractivity contribution in [1.29, 1.82) is 0 Å². The van der Waals surface area contributed by atoms with Crippen molar-refractivity contribution in [2.75, 3.05) is 49.7 Å². The van der Waals surface area contributed by atoms with Crippen LogP contribution in [0.3, 0.4) is 0 Å². The molecule has 5 rings (SSSR count). The number of aromatic nitrogens is 2. The molecule has 11 heteroatoms. The van der Waals surface area contributed by atoms with Crippen molar-refractivity contribution in [3.63, 3.8) is 0 Å². The van der Waals surface area contributed by atoms with Gasteiger partial charge in [-0.3, -0.25) is 4.90 Å². The molecule has 0 radical (unpaired) electrons. The Morgan fingerprint density at radius 1 is 1.20 bits per heavy atom. The molecule has 3 heterocycles. The Kier molecular flexibility index (Phi) is 10.5. The lowest BCUT2D eigenvalue weighted by Crippen LogP contribution is -2.36. The van der Waals surface area contributed by atoms with Crippen molar-refractivity contribution >= 4 is 68.7 Å². The summed E-state index contributed by atoms with van der Waals surface area (Å²) in [4.78, 5) is 24.5. The number of carboxylic acid groups (broad SMARTS) is 1. The van der Waals surface area contributed by atoms with Crippen LogP contribution in [0.5, 0.6) is 5.75 Å². The van der Waals surface area contributed by atoms with Crippen LogP contribution in [0.15, 0.2) is 66.3 Å². The summed E-state index contributed by atoms with van der Waals surface area (Å²) in [5, 5.41) is 16.5. The second-order valence-electron chi connectivity index (χ2n) is 9.40. The summed E-state index contributed by atoms with van der Waals surface area (Å²) >= 11 is 9.87. The summed E-state index contributed by atoms with van der Waals surface area (Å²) in [7, 11) is 0. The number of nitrogens with one attached hydrogen (secondary N) is 1. The second kappa shape index (κ2) is 14.7. The smallest absolute Gasteiger partial charge is 0.335 e. The molecule has 0 unspecified atom stereocenters.